The van der Waals surface area contributed by atoms with E-state index in [9.17, 15) is 9.18 Å². The van der Waals surface area contributed by atoms with Crippen molar-refractivity contribution >= 4 is 11.5 Å². The molecule has 184 valence electrons. The van der Waals surface area contributed by atoms with Crippen LogP contribution >= 0.6 is 0 Å². The third-order valence-electron chi connectivity index (χ3n) is 5.37. The first-order chi connectivity index (χ1) is 16.4. The molecule has 0 radical (unpaired) electrons. The lowest BCUT2D eigenvalue weighted by atomic mass is 9.99. The number of allylic oxidation sites excluding steroid dienone is 5. The predicted octanol–water partition coefficient (Wildman–Crippen LogP) is 5.17. The highest BCUT2D eigenvalue weighted by molar-refractivity contribution is 5.78. The summed E-state index contributed by atoms with van der Waals surface area (Å²) in [7, 11) is 0. The van der Waals surface area contributed by atoms with Gasteiger partial charge < -0.3 is 4.90 Å². The molecular weight excluding hydrogens is 427 g/mol. The van der Waals surface area contributed by atoms with E-state index < -0.39 is 6.67 Å². The van der Waals surface area contributed by atoms with E-state index in [4.69, 9.17) is 0 Å². The Morgan fingerprint density at radius 2 is 1.82 bits per heavy atom. The van der Waals surface area contributed by atoms with Crippen LogP contribution in [0.15, 0.2) is 54.4 Å². The van der Waals surface area contributed by atoms with Gasteiger partial charge in [0.05, 0.1) is 6.54 Å². The third kappa shape index (κ3) is 10.3. The van der Waals surface area contributed by atoms with E-state index in [-0.39, 0.29) is 5.91 Å². The standard InChI is InChI=1S/C22H29FN4O.C3H6.C3H4/c1-17-14-24-22(25-15-17)20(13-23)6-5-18(2)19-7-11-27(12-8-19)21(28)16-26-9-3-4-10-26;2*1-3-2/h5-7,14-15H,3-4,8-13,16H2,1-2H3;3H,1H2,2H3;1H,2H3/b18-5+,20-6+;;. The summed E-state index contributed by atoms with van der Waals surface area (Å²) in [6.07, 6.45) is 18.8. The second kappa shape index (κ2) is 16.6. The van der Waals surface area contributed by atoms with Gasteiger partial charge in [-0.2, -0.15) is 0 Å². The first-order valence-corrected chi connectivity index (χ1v) is 11.8. The lowest BCUT2D eigenvalue weighted by Gasteiger charge is -2.28. The normalized spacial score (nSPS) is 16.4. The number of nitrogens with zero attached hydrogens (tertiary/aromatic N) is 4. The van der Waals surface area contributed by atoms with Crippen molar-refractivity contribution in [3.8, 4) is 12.3 Å². The molecule has 5 nitrogen and oxygen atoms in total. The number of carbonyl (C=O) groups is 1. The first kappa shape index (κ1) is 29.0. The molecule has 2 aliphatic rings. The molecule has 0 N–H and O–H groups in total. The Bertz CT molecular complexity index is 903. The van der Waals surface area contributed by atoms with E-state index in [1.165, 1.54) is 18.4 Å². The Hall–Kier alpha value is -3.04. The number of carbonyl (C=O) groups excluding carboxylic acids is 1. The first-order valence-electron chi connectivity index (χ1n) is 11.8. The summed E-state index contributed by atoms with van der Waals surface area (Å²) >= 11 is 0. The minimum atomic E-state index is -0.606. The van der Waals surface area contributed by atoms with Crippen molar-refractivity contribution < 1.29 is 9.18 Å². The fourth-order valence-corrected chi connectivity index (χ4v) is 3.56. The molecule has 1 aromatic rings. The van der Waals surface area contributed by atoms with Crippen LogP contribution in [0.5, 0.6) is 0 Å². The van der Waals surface area contributed by atoms with Gasteiger partial charge in [-0.25, -0.2) is 14.4 Å². The van der Waals surface area contributed by atoms with Crippen LogP contribution in [0.2, 0.25) is 0 Å². The van der Waals surface area contributed by atoms with E-state index in [1.807, 2.05) is 31.7 Å². The zero-order valence-electron chi connectivity index (χ0n) is 21.2. The van der Waals surface area contributed by atoms with E-state index >= 15 is 0 Å². The van der Waals surface area contributed by atoms with E-state index in [0.29, 0.717) is 24.5 Å². The van der Waals surface area contributed by atoms with Crippen molar-refractivity contribution in [1.82, 2.24) is 19.8 Å². The molecule has 0 unspecified atom stereocenters. The van der Waals surface area contributed by atoms with Gasteiger partial charge in [0.2, 0.25) is 5.91 Å². The van der Waals surface area contributed by atoms with Crippen LogP contribution in [0.4, 0.5) is 4.39 Å². The number of alkyl halides is 1. The van der Waals surface area contributed by atoms with Gasteiger partial charge in [-0.15, -0.1) is 18.9 Å². The van der Waals surface area contributed by atoms with Crippen LogP contribution in [0, 0.1) is 19.3 Å². The summed E-state index contributed by atoms with van der Waals surface area (Å²) in [4.78, 5) is 25.0. The number of hydrogen-bond acceptors (Lipinski definition) is 4. The minimum absolute atomic E-state index is 0.218. The maximum atomic E-state index is 13.4. The van der Waals surface area contributed by atoms with Gasteiger partial charge in [-0.1, -0.05) is 24.3 Å². The molecule has 1 saturated heterocycles. The SMILES string of the molecule is C#CC.C/C(=C\C=C(/CF)c1ncc(C)cn1)C1=CCN(C(=O)CN2CCCC2)CC1.C=CC. The highest BCUT2D eigenvalue weighted by Gasteiger charge is 2.21. The number of halogens is 1. The molecule has 1 aromatic heterocycles. The molecule has 0 aliphatic carbocycles. The number of likely N-dealkylation sites (tertiary alicyclic amines) is 1. The third-order valence-corrected chi connectivity index (χ3v) is 5.37. The van der Waals surface area contributed by atoms with Crippen LogP contribution in [0.1, 0.15) is 51.4 Å². The fraction of sp³-hybridized carbons (Fsp3) is 0.464. The molecule has 34 heavy (non-hydrogen) atoms. The molecule has 2 aliphatic heterocycles. The molecule has 0 atom stereocenters. The van der Waals surface area contributed by atoms with Crippen molar-refractivity contribution in [2.24, 2.45) is 0 Å². The average molecular weight is 467 g/mol. The molecule has 6 heteroatoms. The van der Waals surface area contributed by atoms with Crippen molar-refractivity contribution in [3.05, 3.63) is 65.8 Å². The summed E-state index contributed by atoms with van der Waals surface area (Å²) < 4.78 is 13.4. The van der Waals surface area contributed by atoms with Crippen LogP contribution in [-0.2, 0) is 4.79 Å². The van der Waals surface area contributed by atoms with Crippen molar-refractivity contribution in [1.29, 1.82) is 0 Å². The van der Waals surface area contributed by atoms with Gasteiger partial charge in [0, 0.05) is 31.1 Å². The summed E-state index contributed by atoms with van der Waals surface area (Å²) in [6, 6.07) is 0. The molecule has 3 rings (SSSR count). The fourth-order valence-electron chi connectivity index (χ4n) is 3.56. The Morgan fingerprint density at radius 3 is 2.32 bits per heavy atom. The van der Waals surface area contributed by atoms with Crippen LogP contribution in [-0.4, -0.2) is 65.1 Å². The Kier molecular flexibility index (Phi) is 14.1. The highest BCUT2D eigenvalue weighted by Crippen LogP contribution is 2.20. The minimum Gasteiger partial charge on any atom is -0.338 e. The Labute approximate surface area is 205 Å². The maximum absolute atomic E-state index is 13.4. The zero-order valence-corrected chi connectivity index (χ0v) is 21.2. The number of aryl methyl sites for hydroxylation is 1. The van der Waals surface area contributed by atoms with Crippen LogP contribution in [0.3, 0.4) is 0 Å². The summed E-state index contributed by atoms with van der Waals surface area (Å²) in [5, 5.41) is 0. The van der Waals surface area contributed by atoms with Crippen molar-refractivity contribution in [3.63, 3.8) is 0 Å². The summed E-state index contributed by atoms with van der Waals surface area (Å²) in [5.41, 5.74) is 3.72. The van der Waals surface area contributed by atoms with Gasteiger partial charge in [-0.3, -0.25) is 9.69 Å². The monoisotopic (exact) mass is 466 g/mol. The van der Waals surface area contributed by atoms with Crippen LogP contribution in [0.25, 0.3) is 5.57 Å². The lowest BCUT2D eigenvalue weighted by Crippen LogP contribution is -2.41. The molecule has 1 amide bonds. The maximum Gasteiger partial charge on any atom is 0.237 e. The van der Waals surface area contributed by atoms with Crippen LogP contribution < -0.4 is 0 Å². The average Bonchev–Trinajstić information content (AvgIpc) is 3.34. The largest absolute Gasteiger partial charge is 0.338 e. The molecule has 0 spiro atoms. The predicted molar refractivity (Wildman–Crippen MR) is 140 cm³/mol. The van der Waals surface area contributed by atoms with Gasteiger partial charge >= 0.3 is 0 Å². The lowest BCUT2D eigenvalue weighted by molar-refractivity contribution is -0.131. The van der Waals surface area contributed by atoms with Crippen molar-refractivity contribution in [2.45, 2.75) is 47.0 Å². The molecular formula is C28H39FN4O. The van der Waals surface area contributed by atoms with E-state index in [1.54, 1.807) is 31.5 Å². The smallest absolute Gasteiger partial charge is 0.237 e. The summed E-state index contributed by atoms with van der Waals surface area (Å²) in [6.45, 7) is 14.2. The van der Waals surface area contributed by atoms with E-state index in [2.05, 4.69) is 39.9 Å². The Balaban J connectivity index is 0.000000872. The number of amides is 1. The highest BCUT2D eigenvalue weighted by atomic mass is 19.1. The topological polar surface area (TPSA) is 49.3 Å². The van der Waals surface area contributed by atoms with Gasteiger partial charge in [0.25, 0.3) is 0 Å². The number of hydrogen-bond donors (Lipinski definition) is 0. The molecule has 0 saturated carbocycles. The number of terminal acetylenes is 1. The number of aromatic nitrogens is 2. The molecule has 1 fully saturated rings. The number of rotatable bonds is 6. The van der Waals surface area contributed by atoms with Crippen molar-refractivity contribution in [2.75, 3.05) is 39.4 Å². The van der Waals surface area contributed by atoms with E-state index in [0.717, 1.165) is 37.2 Å². The quantitative estimate of drug-likeness (QED) is 0.330. The zero-order chi connectivity index (χ0) is 25.3. The van der Waals surface area contributed by atoms with Gasteiger partial charge in [0.15, 0.2) is 5.82 Å². The van der Waals surface area contributed by atoms with Gasteiger partial charge in [0.1, 0.15) is 6.67 Å². The summed E-state index contributed by atoms with van der Waals surface area (Å²) in [5.74, 6) is 2.89. The molecule has 3 heterocycles. The molecule has 0 aromatic carbocycles. The second-order valence-electron chi connectivity index (χ2n) is 8.26. The Morgan fingerprint density at radius 1 is 1.24 bits per heavy atom. The molecule has 0 bridgehead atoms. The second-order valence-corrected chi connectivity index (χ2v) is 8.26. The van der Waals surface area contributed by atoms with Gasteiger partial charge in [-0.05, 0) is 76.8 Å².